The van der Waals surface area contributed by atoms with Gasteiger partial charge >= 0.3 is 23.9 Å². The molecule has 0 bridgehead atoms. The van der Waals surface area contributed by atoms with Crippen LogP contribution >= 0.6 is 0 Å². The maximum atomic E-state index is 12.9. The van der Waals surface area contributed by atoms with Crippen molar-refractivity contribution in [3.8, 4) is 0 Å². The molecule has 1 fully saturated rings. The van der Waals surface area contributed by atoms with Crippen molar-refractivity contribution in [2.45, 2.75) is 143 Å². The van der Waals surface area contributed by atoms with Crippen molar-refractivity contribution in [1.29, 1.82) is 0 Å². The Labute approximate surface area is 252 Å². The van der Waals surface area contributed by atoms with Gasteiger partial charge in [-0.1, -0.05) is 78.1 Å². The molecule has 10 nitrogen and oxygen atoms in total. The van der Waals surface area contributed by atoms with Gasteiger partial charge in [-0.3, -0.25) is 24.0 Å². The van der Waals surface area contributed by atoms with Gasteiger partial charge in [0, 0.05) is 32.6 Å². The number of nitrogens with zero attached hydrogens (tertiary/aromatic N) is 1. The first-order chi connectivity index (χ1) is 20.2. The summed E-state index contributed by atoms with van der Waals surface area (Å²) in [5, 5.41) is 0. The minimum Gasteiger partial charge on any atom is -0.466 e. The molecule has 3 atom stereocenters. The van der Waals surface area contributed by atoms with E-state index in [1.54, 1.807) is 0 Å². The predicted molar refractivity (Wildman–Crippen MR) is 158 cm³/mol. The number of rotatable bonds is 23. The Kier molecular flexibility index (Phi) is 20.4. The van der Waals surface area contributed by atoms with Crippen LogP contribution < -0.4 is 0 Å². The average molecular weight is 598 g/mol. The molecule has 0 spiro atoms. The van der Waals surface area contributed by atoms with Crippen molar-refractivity contribution >= 4 is 29.8 Å². The van der Waals surface area contributed by atoms with Crippen molar-refractivity contribution in [3.05, 3.63) is 0 Å². The second-order valence-corrected chi connectivity index (χ2v) is 11.4. The quantitative estimate of drug-likeness (QED) is 0.0831. The molecule has 0 aromatic heterocycles. The molecule has 1 amide bonds. The summed E-state index contributed by atoms with van der Waals surface area (Å²) in [6.45, 7) is 7.51. The smallest absolute Gasteiger partial charge is 0.306 e. The van der Waals surface area contributed by atoms with Gasteiger partial charge in [-0.15, -0.1) is 0 Å². The first-order valence-corrected chi connectivity index (χ1v) is 16.1. The Hall–Kier alpha value is -2.65. The van der Waals surface area contributed by atoms with Gasteiger partial charge < -0.3 is 23.8 Å². The lowest BCUT2D eigenvalue weighted by molar-refractivity contribution is -0.155. The summed E-state index contributed by atoms with van der Waals surface area (Å²) in [7, 11) is 0. The monoisotopic (exact) mass is 597 g/mol. The van der Waals surface area contributed by atoms with Gasteiger partial charge in [0.2, 0.25) is 5.91 Å². The van der Waals surface area contributed by atoms with Crippen LogP contribution in [-0.2, 0) is 42.9 Å². The second kappa shape index (κ2) is 22.9. The third-order valence-electron chi connectivity index (χ3n) is 7.44. The topological polar surface area (TPSA) is 126 Å². The number of hydrogen-bond acceptors (Lipinski definition) is 9. The molecular weight excluding hydrogens is 542 g/mol. The van der Waals surface area contributed by atoms with E-state index in [0.717, 1.165) is 51.4 Å². The van der Waals surface area contributed by atoms with Crippen LogP contribution in [-0.4, -0.2) is 73.2 Å². The van der Waals surface area contributed by atoms with E-state index in [2.05, 4.69) is 13.8 Å². The molecule has 0 aromatic carbocycles. The van der Waals surface area contributed by atoms with Crippen molar-refractivity contribution in [3.63, 3.8) is 0 Å². The normalized spacial score (nSPS) is 17.0. The number of ether oxygens (including phenoxy) is 4. The lowest BCUT2D eigenvalue weighted by Crippen LogP contribution is -2.37. The van der Waals surface area contributed by atoms with Crippen LogP contribution in [0.25, 0.3) is 0 Å². The highest BCUT2D eigenvalue weighted by atomic mass is 16.6. The van der Waals surface area contributed by atoms with Gasteiger partial charge in [-0.05, 0) is 12.8 Å². The number of esters is 4. The lowest BCUT2D eigenvalue weighted by Gasteiger charge is -2.21. The van der Waals surface area contributed by atoms with E-state index in [0.29, 0.717) is 19.4 Å². The van der Waals surface area contributed by atoms with E-state index in [9.17, 15) is 24.0 Å². The number of likely N-dealkylation sites (tertiary alicyclic amines) is 1. The molecule has 42 heavy (non-hydrogen) atoms. The zero-order valence-corrected chi connectivity index (χ0v) is 26.5. The molecule has 0 N–H and O–H groups in total. The molecule has 1 heterocycles. The largest absolute Gasteiger partial charge is 0.466 e. The Bertz CT molecular complexity index is 816. The van der Waals surface area contributed by atoms with Gasteiger partial charge in [-0.25, -0.2) is 0 Å². The average Bonchev–Trinajstić information content (AvgIpc) is 3.34. The van der Waals surface area contributed by atoms with Crippen LogP contribution in [0, 0.1) is 5.92 Å². The van der Waals surface area contributed by atoms with Gasteiger partial charge in [0.25, 0.3) is 0 Å². The summed E-state index contributed by atoms with van der Waals surface area (Å²) in [5.74, 6) is -2.54. The number of carbonyl (C=O) groups is 5. The second-order valence-electron chi connectivity index (χ2n) is 11.4. The highest BCUT2D eigenvalue weighted by molar-refractivity contribution is 5.75. The molecule has 242 valence electrons. The maximum absolute atomic E-state index is 12.9. The first kappa shape index (κ1) is 37.4. The fraction of sp³-hybridized carbons (Fsp3) is 0.844. The van der Waals surface area contributed by atoms with E-state index < -0.39 is 29.9 Å². The van der Waals surface area contributed by atoms with Crippen LogP contribution in [0.4, 0.5) is 0 Å². The minimum absolute atomic E-state index is 0.0323. The van der Waals surface area contributed by atoms with E-state index >= 15 is 0 Å². The molecule has 0 aliphatic carbocycles. The summed E-state index contributed by atoms with van der Waals surface area (Å²) >= 11 is 0. The van der Waals surface area contributed by atoms with Crippen molar-refractivity contribution in [2.24, 2.45) is 5.92 Å². The molecule has 3 unspecified atom stereocenters. The zero-order valence-electron chi connectivity index (χ0n) is 26.5. The highest BCUT2D eigenvalue weighted by Gasteiger charge is 2.37. The number of unbranched alkanes of at least 4 members (excludes halogenated alkanes) is 10. The third-order valence-corrected chi connectivity index (χ3v) is 7.44. The van der Waals surface area contributed by atoms with Crippen molar-refractivity contribution in [1.82, 2.24) is 4.90 Å². The van der Waals surface area contributed by atoms with Gasteiger partial charge in [-0.2, -0.15) is 0 Å². The predicted octanol–water partition coefficient (Wildman–Crippen LogP) is 5.68. The molecule has 1 rings (SSSR count). The first-order valence-electron chi connectivity index (χ1n) is 16.1. The molecule has 10 heteroatoms. The Balaban J connectivity index is 2.61. The Morgan fingerprint density at radius 2 is 1.31 bits per heavy atom. The van der Waals surface area contributed by atoms with Gasteiger partial charge in [0.15, 0.2) is 0 Å². The van der Waals surface area contributed by atoms with E-state index in [4.69, 9.17) is 18.9 Å². The Morgan fingerprint density at radius 3 is 1.93 bits per heavy atom. The highest BCUT2D eigenvalue weighted by Crippen LogP contribution is 2.23. The molecule has 1 saturated heterocycles. The molecule has 1 aliphatic heterocycles. The van der Waals surface area contributed by atoms with E-state index in [-0.39, 0.29) is 50.5 Å². The van der Waals surface area contributed by atoms with Crippen molar-refractivity contribution < 1.29 is 42.9 Å². The fourth-order valence-corrected chi connectivity index (χ4v) is 5.07. The van der Waals surface area contributed by atoms with E-state index in [1.807, 2.05) is 0 Å². The summed E-state index contributed by atoms with van der Waals surface area (Å²) < 4.78 is 21.5. The maximum Gasteiger partial charge on any atom is 0.306 e. The molecule has 0 radical (unpaired) electrons. The molecule has 1 aliphatic rings. The lowest BCUT2D eigenvalue weighted by atomic mass is 10.0. The number of hydrogen-bond donors (Lipinski definition) is 0. The van der Waals surface area contributed by atoms with E-state index in [1.165, 1.54) is 44.4 Å². The van der Waals surface area contributed by atoms with Crippen LogP contribution in [0.15, 0.2) is 0 Å². The fourth-order valence-electron chi connectivity index (χ4n) is 5.07. The van der Waals surface area contributed by atoms with Crippen LogP contribution in [0.2, 0.25) is 0 Å². The van der Waals surface area contributed by atoms with Crippen LogP contribution in [0.3, 0.4) is 0 Å². The summed E-state index contributed by atoms with van der Waals surface area (Å²) in [6, 6.07) is -0.375. The zero-order chi connectivity index (χ0) is 31.2. The molecular formula is C32H55NO9. The van der Waals surface area contributed by atoms with Crippen LogP contribution in [0.5, 0.6) is 0 Å². The van der Waals surface area contributed by atoms with Gasteiger partial charge in [0.05, 0.1) is 38.6 Å². The Morgan fingerprint density at radius 1 is 0.714 bits per heavy atom. The number of amides is 1. The summed E-state index contributed by atoms with van der Waals surface area (Å²) in [6.07, 6.45) is 12.7. The third kappa shape index (κ3) is 18.0. The van der Waals surface area contributed by atoms with Gasteiger partial charge in [0.1, 0.15) is 12.7 Å². The number of carbonyl (C=O) groups excluding carboxylic acids is 5. The molecule has 0 aromatic rings. The van der Waals surface area contributed by atoms with Crippen molar-refractivity contribution in [2.75, 3.05) is 26.4 Å². The summed E-state index contributed by atoms with van der Waals surface area (Å²) in [4.78, 5) is 62.5. The summed E-state index contributed by atoms with van der Waals surface area (Å²) in [5.41, 5.74) is 0. The standard InChI is InChI=1S/C32H55NO9/c1-5-7-9-11-13-15-17-30(36)41-23-27(19-31(37)39-18-16-14-12-10-8-6-2)20-32(38)42-29-21-28(24-40-26(4)35)33(22-29)25(3)34/h27-29H,5-24H2,1-4H3. The van der Waals surface area contributed by atoms with Crippen LogP contribution in [0.1, 0.15) is 130 Å². The molecule has 0 saturated carbocycles. The minimum atomic E-state index is -0.579. The SMILES string of the molecule is CCCCCCCCOC(=O)CC(COC(=O)CCCCCCCC)CC(=O)OC1CC(COC(C)=O)N(C(C)=O)C1.